The molecular formula is C20H28N2. The molecular weight excluding hydrogens is 268 g/mol. The Morgan fingerprint density at radius 1 is 0.500 bits per heavy atom. The van der Waals surface area contributed by atoms with Gasteiger partial charge in [0.2, 0.25) is 0 Å². The van der Waals surface area contributed by atoms with Crippen LogP contribution in [0.2, 0.25) is 0 Å². The van der Waals surface area contributed by atoms with Crippen LogP contribution in [0.15, 0.2) is 12.1 Å². The number of hydrazine groups is 1. The molecule has 0 aliphatic heterocycles. The first-order chi connectivity index (χ1) is 10.2. The third-order valence-corrected chi connectivity index (χ3v) is 5.16. The summed E-state index contributed by atoms with van der Waals surface area (Å²) < 4.78 is 0. The highest BCUT2D eigenvalue weighted by molar-refractivity contribution is 5.66. The van der Waals surface area contributed by atoms with Gasteiger partial charge in [-0.25, -0.2) is 0 Å². The quantitative estimate of drug-likeness (QED) is 0.721. The van der Waals surface area contributed by atoms with Crippen LogP contribution in [-0.2, 0) is 0 Å². The van der Waals surface area contributed by atoms with E-state index in [9.17, 15) is 0 Å². The fourth-order valence-electron chi connectivity index (χ4n) is 2.95. The second-order valence-corrected chi connectivity index (χ2v) is 6.50. The zero-order valence-electron chi connectivity index (χ0n) is 15.2. The zero-order valence-corrected chi connectivity index (χ0v) is 15.2. The summed E-state index contributed by atoms with van der Waals surface area (Å²) >= 11 is 0. The second-order valence-electron chi connectivity index (χ2n) is 6.50. The predicted octanol–water partition coefficient (Wildman–Crippen LogP) is 5.59. The molecule has 0 bridgehead atoms. The maximum absolute atomic E-state index is 3.43. The van der Waals surface area contributed by atoms with Crippen molar-refractivity contribution < 1.29 is 0 Å². The Morgan fingerprint density at radius 2 is 1.05 bits per heavy atom. The monoisotopic (exact) mass is 296 g/mol. The van der Waals surface area contributed by atoms with Gasteiger partial charge in [0, 0.05) is 0 Å². The van der Waals surface area contributed by atoms with Gasteiger partial charge in [-0.1, -0.05) is 6.07 Å². The summed E-state index contributed by atoms with van der Waals surface area (Å²) in [5.74, 6) is 0. The summed E-state index contributed by atoms with van der Waals surface area (Å²) in [5, 5.41) is 0. The third kappa shape index (κ3) is 2.83. The van der Waals surface area contributed by atoms with E-state index in [2.05, 4.69) is 78.4 Å². The largest absolute Gasteiger partial charge is 0.301 e. The lowest BCUT2D eigenvalue weighted by molar-refractivity contribution is 1.19. The number of anilines is 2. The van der Waals surface area contributed by atoms with Crippen molar-refractivity contribution in [2.45, 2.75) is 55.4 Å². The number of benzene rings is 2. The maximum Gasteiger partial charge on any atom is 0.0600 e. The molecule has 118 valence electrons. The summed E-state index contributed by atoms with van der Waals surface area (Å²) in [6.45, 7) is 17.4. The van der Waals surface area contributed by atoms with Crippen molar-refractivity contribution in [1.82, 2.24) is 0 Å². The van der Waals surface area contributed by atoms with Gasteiger partial charge in [-0.15, -0.1) is 0 Å². The van der Waals surface area contributed by atoms with E-state index in [-0.39, 0.29) is 0 Å². The van der Waals surface area contributed by atoms with Crippen LogP contribution in [0.5, 0.6) is 0 Å². The molecule has 0 radical (unpaired) electrons. The number of aryl methyl sites for hydroxylation is 3. The van der Waals surface area contributed by atoms with Crippen molar-refractivity contribution in [2.75, 3.05) is 10.9 Å². The maximum atomic E-state index is 3.43. The minimum Gasteiger partial charge on any atom is -0.301 e. The van der Waals surface area contributed by atoms with E-state index >= 15 is 0 Å². The molecule has 0 aromatic heterocycles. The molecule has 0 amide bonds. The molecule has 0 spiro atoms. The van der Waals surface area contributed by atoms with E-state index in [0.717, 1.165) is 5.69 Å². The van der Waals surface area contributed by atoms with Gasteiger partial charge in [-0.3, -0.25) is 0 Å². The summed E-state index contributed by atoms with van der Waals surface area (Å²) in [4.78, 5) is 0. The van der Waals surface area contributed by atoms with Crippen molar-refractivity contribution >= 4 is 11.4 Å². The number of hydrogen-bond acceptors (Lipinski definition) is 2. The first kappa shape index (κ1) is 16.4. The molecule has 0 fully saturated rings. The molecule has 0 atom stereocenters. The molecule has 2 rings (SSSR count). The van der Waals surface area contributed by atoms with Crippen LogP contribution < -0.4 is 10.9 Å². The van der Waals surface area contributed by atoms with E-state index in [4.69, 9.17) is 0 Å². The van der Waals surface area contributed by atoms with E-state index in [0.29, 0.717) is 0 Å². The minimum absolute atomic E-state index is 1.15. The number of hydrogen-bond donors (Lipinski definition) is 2. The average Bonchev–Trinajstić information content (AvgIpc) is 2.47. The molecule has 2 aromatic carbocycles. The molecule has 2 N–H and O–H groups in total. The van der Waals surface area contributed by atoms with Gasteiger partial charge >= 0.3 is 0 Å². The van der Waals surface area contributed by atoms with E-state index < -0.39 is 0 Å². The highest BCUT2D eigenvalue weighted by Crippen LogP contribution is 2.28. The first-order valence-electron chi connectivity index (χ1n) is 7.90. The van der Waals surface area contributed by atoms with Gasteiger partial charge in [0.1, 0.15) is 0 Å². The van der Waals surface area contributed by atoms with Crippen molar-refractivity contribution in [2.24, 2.45) is 0 Å². The van der Waals surface area contributed by atoms with Gasteiger partial charge in [0.25, 0.3) is 0 Å². The molecule has 0 saturated carbocycles. The number of rotatable bonds is 3. The van der Waals surface area contributed by atoms with Crippen LogP contribution in [0, 0.1) is 55.4 Å². The Balaban J connectivity index is 2.34. The lowest BCUT2D eigenvalue weighted by Gasteiger charge is -2.20. The molecule has 2 nitrogen and oxygen atoms in total. The Bertz CT molecular complexity index is 727. The zero-order chi connectivity index (χ0) is 16.6. The molecule has 0 saturated heterocycles. The van der Waals surface area contributed by atoms with Crippen molar-refractivity contribution in [3.63, 3.8) is 0 Å². The first-order valence-corrected chi connectivity index (χ1v) is 7.90. The number of nitrogens with one attached hydrogen (secondary N) is 2. The summed E-state index contributed by atoms with van der Waals surface area (Å²) in [7, 11) is 0. The van der Waals surface area contributed by atoms with Gasteiger partial charge in [0.15, 0.2) is 0 Å². The van der Waals surface area contributed by atoms with Crippen LogP contribution in [0.4, 0.5) is 11.4 Å². The van der Waals surface area contributed by atoms with Gasteiger partial charge in [-0.2, -0.15) is 0 Å². The van der Waals surface area contributed by atoms with Gasteiger partial charge in [-0.05, 0) is 106 Å². The molecule has 2 heteroatoms. The molecule has 0 aliphatic rings. The summed E-state index contributed by atoms with van der Waals surface area (Å²) in [6.07, 6.45) is 0. The van der Waals surface area contributed by atoms with E-state index in [1.54, 1.807) is 0 Å². The minimum atomic E-state index is 1.15. The highest BCUT2D eigenvalue weighted by atomic mass is 15.4. The SMILES string of the molecule is Cc1cc(NNc2c(C)cc(C)c(C)c2C)c(C)c(C)c1C. The Kier molecular flexibility index (Phi) is 4.50. The fourth-order valence-corrected chi connectivity index (χ4v) is 2.95. The average molecular weight is 296 g/mol. The standard InChI is InChI=1S/C20H28N2/c1-11-9-13(3)20(18(8)15(11)5)22-21-19-10-12(2)14(4)16(6)17(19)7/h9-10,21-22H,1-8H3. The van der Waals surface area contributed by atoms with Gasteiger partial charge < -0.3 is 10.9 Å². The van der Waals surface area contributed by atoms with Crippen molar-refractivity contribution in [3.05, 3.63) is 56.6 Å². The molecule has 0 aliphatic carbocycles. The van der Waals surface area contributed by atoms with Crippen molar-refractivity contribution in [3.8, 4) is 0 Å². The Morgan fingerprint density at radius 3 is 1.68 bits per heavy atom. The molecule has 2 aromatic rings. The topological polar surface area (TPSA) is 24.1 Å². The van der Waals surface area contributed by atoms with E-state index in [1.807, 2.05) is 0 Å². The van der Waals surface area contributed by atoms with E-state index in [1.165, 1.54) is 50.2 Å². The van der Waals surface area contributed by atoms with Crippen LogP contribution >= 0.6 is 0 Å². The molecule has 22 heavy (non-hydrogen) atoms. The molecule has 0 heterocycles. The third-order valence-electron chi connectivity index (χ3n) is 5.16. The summed E-state index contributed by atoms with van der Waals surface area (Å²) in [6, 6.07) is 4.46. The van der Waals surface area contributed by atoms with Gasteiger partial charge in [0.05, 0.1) is 11.4 Å². The Labute approximate surface area is 134 Å². The predicted molar refractivity (Wildman–Crippen MR) is 98.0 cm³/mol. The lowest BCUT2D eigenvalue weighted by Crippen LogP contribution is -2.14. The van der Waals surface area contributed by atoms with Crippen LogP contribution in [-0.4, -0.2) is 0 Å². The van der Waals surface area contributed by atoms with Crippen LogP contribution in [0.3, 0.4) is 0 Å². The normalized spacial score (nSPS) is 10.7. The fraction of sp³-hybridized carbons (Fsp3) is 0.400. The van der Waals surface area contributed by atoms with Crippen LogP contribution in [0.1, 0.15) is 44.5 Å². The summed E-state index contributed by atoms with van der Waals surface area (Å²) in [5.41, 5.74) is 19.8. The van der Waals surface area contributed by atoms with Crippen LogP contribution in [0.25, 0.3) is 0 Å². The highest BCUT2D eigenvalue weighted by Gasteiger charge is 2.10. The smallest absolute Gasteiger partial charge is 0.0600 e. The Hall–Kier alpha value is -1.96. The molecule has 0 unspecified atom stereocenters. The second kappa shape index (κ2) is 6.04. The lowest BCUT2D eigenvalue weighted by atomic mass is 9.98. The van der Waals surface area contributed by atoms with Crippen molar-refractivity contribution in [1.29, 1.82) is 0 Å².